The van der Waals surface area contributed by atoms with Gasteiger partial charge in [0.05, 0.1) is 21.4 Å². The molecular formula is C13H13Cl2N3O. The summed E-state index contributed by atoms with van der Waals surface area (Å²) in [6.45, 7) is 5.98. The van der Waals surface area contributed by atoms with Crippen molar-refractivity contribution in [2.24, 2.45) is 0 Å². The molecule has 0 aliphatic heterocycles. The molecule has 1 aromatic heterocycles. The molecule has 1 aromatic carbocycles. The van der Waals surface area contributed by atoms with Crippen LogP contribution in [0.15, 0.2) is 18.2 Å². The van der Waals surface area contributed by atoms with Crippen molar-refractivity contribution in [3.8, 4) is 5.69 Å². The summed E-state index contributed by atoms with van der Waals surface area (Å²) >= 11 is 11.9. The van der Waals surface area contributed by atoms with Crippen LogP contribution >= 0.6 is 23.2 Å². The van der Waals surface area contributed by atoms with Crippen LogP contribution < -0.4 is 0 Å². The van der Waals surface area contributed by atoms with E-state index in [0.29, 0.717) is 22.0 Å². The average Bonchev–Trinajstić information content (AvgIpc) is 2.76. The lowest BCUT2D eigenvalue weighted by Crippen LogP contribution is -2.19. The van der Waals surface area contributed by atoms with Gasteiger partial charge in [-0.2, -0.15) is 0 Å². The topological polar surface area (TPSA) is 47.8 Å². The lowest BCUT2D eigenvalue weighted by Gasteiger charge is -2.20. The average molecular weight is 298 g/mol. The van der Waals surface area contributed by atoms with Gasteiger partial charge >= 0.3 is 0 Å². The number of aldehydes is 1. The van der Waals surface area contributed by atoms with Gasteiger partial charge in [-0.25, -0.2) is 4.68 Å². The zero-order valence-corrected chi connectivity index (χ0v) is 12.3. The van der Waals surface area contributed by atoms with E-state index < -0.39 is 0 Å². The number of nitrogens with zero attached hydrogens (tertiary/aromatic N) is 3. The summed E-state index contributed by atoms with van der Waals surface area (Å²) in [6.07, 6.45) is 0.710. The molecule has 0 amide bonds. The van der Waals surface area contributed by atoms with Crippen molar-refractivity contribution < 1.29 is 4.79 Å². The maximum absolute atomic E-state index is 11.1. The summed E-state index contributed by atoms with van der Waals surface area (Å²) in [5.41, 5.74) is 1.52. The molecule has 0 fully saturated rings. The normalized spacial score (nSPS) is 11.6. The Morgan fingerprint density at radius 1 is 1.21 bits per heavy atom. The molecule has 0 spiro atoms. The fourth-order valence-electron chi connectivity index (χ4n) is 1.87. The minimum atomic E-state index is -0.272. The number of rotatable bonds is 2. The number of carbonyl (C=O) groups excluding carboxylic acids is 1. The van der Waals surface area contributed by atoms with E-state index in [1.807, 2.05) is 20.8 Å². The van der Waals surface area contributed by atoms with Crippen LogP contribution in [0.1, 0.15) is 37.0 Å². The summed E-state index contributed by atoms with van der Waals surface area (Å²) in [5.74, 6) is 0. The number of halogens is 2. The smallest absolute Gasteiger partial charge is 0.172 e. The molecule has 4 nitrogen and oxygen atoms in total. The first kappa shape index (κ1) is 14.0. The lowest BCUT2D eigenvalue weighted by atomic mass is 9.90. The fraction of sp³-hybridized carbons (Fsp3) is 0.308. The van der Waals surface area contributed by atoms with E-state index in [9.17, 15) is 4.79 Å². The molecule has 2 rings (SSSR count). The molecular weight excluding hydrogens is 285 g/mol. The van der Waals surface area contributed by atoms with E-state index in [1.165, 1.54) is 0 Å². The third kappa shape index (κ3) is 2.65. The molecule has 0 atom stereocenters. The number of aromatic nitrogens is 3. The first-order chi connectivity index (χ1) is 8.84. The van der Waals surface area contributed by atoms with Gasteiger partial charge in [-0.05, 0) is 18.2 Å². The Balaban J connectivity index is 2.65. The maximum atomic E-state index is 11.1. The van der Waals surface area contributed by atoms with Gasteiger partial charge in [-0.3, -0.25) is 4.79 Å². The summed E-state index contributed by atoms with van der Waals surface area (Å²) in [7, 11) is 0. The van der Waals surface area contributed by atoms with E-state index in [-0.39, 0.29) is 5.41 Å². The highest BCUT2D eigenvalue weighted by atomic mass is 35.5. The van der Waals surface area contributed by atoms with E-state index in [2.05, 4.69) is 10.3 Å². The molecule has 19 heavy (non-hydrogen) atoms. The molecule has 0 saturated carbocycles. The Hall–Kier alpha value is -1.39. The van der Waals surface area contributed by atoms with Crippen LogP contribution in [0.4, 0.5) is 0 Å². The van der Waals surface area contributed by atoms with Crippen LogP contribution in [0.2, 0.25) is 10.0 Å². The highest BCUT2D eigenvalue weighted by Crippen LogP contribution is 2.29. The molecule has 0 N–H and O–H groups in total. The zero-order chi connectivity index (χ0) is 14.2. The largest absolute Gasteiger partial charge is 0.296 e. The molecule has 100 valence electrons. The maximum Gasteiger partial charge on any atom is 0.172 e. The molecule has 0 aliphatic rings. The Bertz CT molecular complexity index is 629. The number of carbonyl (C=O) groups is 1. The molecule has 6 heteroatoms. The lowest BCUT2D eigenvalue weighted by molar-refractivity contribution is 0.111. The zero-order valence-electron chi connectivity index (χ0n) is 10.8. The second-order valence-corrected chi connectivity index (χ2v) is 6.02. The molecule has 1 heterocycles. The van der Waals surface area contributed by atoms with Crippen molar-refractivity contribution in [2.75, 3.05) is 0 Å². The van der Waals surface area contributed by atoms with E-state index >= 15 is 0 Å². The second kappa shape index (κ2) is 4.94. The van der Waals surface area contributed by atoms with E-state index in [0.717, 1.165) is 11.4 Å². The quantitative estimate of drug-likeness (QED) is 0.794. The number of hydrogen-bond acceptors (Lipinski definition) is 3. The molecule has 0 saturated heterocycles. The minimum absolute atomic E-state index is 0.272. The van der Waals surface area contributed by atoms with Crippen molar-refractivity contribution >= 4 is 29.5 Å². The fourth-order valence-corrected chi connectivity index (χ4v) is 2.16. The van der Waals surface area contributed by atoms with Gasteiger partial charge in [0.1, 0.15) is 5.69 Å². The van der Waals surface area contributed by atoms with Crippen LogP contribution in [-0.2, 0) is 5.41 Å². The first-order valence-corrected chi connectivity index (χ1v) is 6.47. The van der Waals surface area contributed by atoms with Crippen LogP contribution in [0.3, 0.4) is 0 Å². The molecule has 0 aliphatic carbocycles. The van der Waals surface area contributed by atoms with Crippen LogP contribution in [-0.4, -0.2) is 21.3 Å². The van der Waals surface area contributed by atoms with Crippen LogP contribution in [0.25, 0.3) is 5.69 Å². The Morgan fingerprint density at radius 2 is 1.89 bits per heavy atom. The predicted octanol–water partition coefficient (Wildman–Crippen LogP) is 3.68. The monoisotopic (exact) mass is 297 g/mol. The minimum Gasteiger partial charge on any atom is -0.296 e. The van der Waals surface area contributed by atoms with Crippen LogP contribution in [0, 0.1) is 0 Å². The summed E-state index contributed by atoms with van der Waals surface area (Å²) < 4.78 is 1.62. The summed E-state index contributed by atoms with van der Waals surface area (Å²) in [6, 6.07) is 5.17. The van der Waals surface area contributed by atoms with Crippen LogP contribution in [0.5, 0.6) is 0 Å². The third-order valence-corrected chi connectivity index (χ3v) is 3.41. The van der Waals surface area contributed by atoms with Gasteiger partial charge < -0.3 is 0 Å². The Labute approximate surface area is 121 Å². The molecule has 0 radical (unpaired) electrons. The molecule has 0 unspecified atom stereocenters. The van der Waals surface area contributed by atoms with Gasteiger partial charge in [-0.1, -0.05) is 49.2 Å². The van der Waals surface area contributed by atoms with Crippen molar-refractivity contribution in [2.45, 2.75) is 26.2 Å². The van der Waals surface area contributed by atoms with Crippen molar-refractivity contribution in [1.82, 2.24) is 15.0 Å². The second-order valence-electron chi connectivity index (χ2n) is 5.20. The predicted molar refractivity (Wildman–Crippen MR) is 75.5 cm³/mol. The first-order valence-electron chi connectivity index (χ1n) is 5.71. The molecule has 0 bridgehead atoms. The van der Waals surface area contributed by atoms with Gasteiger partial charge in [0.25, 0.3) is 0 Å². The van der Waals surface area contributed by atoms with Crippen molar-refractivity contribution in [3.63, 3.8) is 0 Å². The number of hydrogen-bond donors (Lipinski definition) is 0. The Kier molecular flexibility index (Phi) is 3.65. The van der Waals surface area contributed by atoms with Gasteiger partial charge in [-0.15, -0.1) is 5.10 Å². The highest BCUT2D eigenvalue weighted by molar-refractivity contribution is 6.42. The number of benzene rings is 1. The summed E-state index contributed by atoms with van der Waals surface area (Å²) in [5, 5.41) is 8.83. The molecule has 2 aromatic rings. The van der Waals surface area contributed by atoms with E-state index in [1.54, 1.807) is 22.9 Å². The standard InChI is InChI=1S/C13H13Cl2N3O/c1-13(2,3)12-11(7-19)16-17-18(12)8-4-5-9(14)10(15)6-8/h4-7H,1-3H3. The third-order valence-electron chi connectivity index (χ3n) is 2.67. The SMILES string of the molecule is CC(C)(C)c1c(C=O)nnn1-c1ccc(Cl)c(Cl)c1. The highest BCUT2D eigenvalue weighted by Gasteiger charge is 2.26. The Morgan fingerprint density at radius 3 is 2.42 bits per heavy atom. The van der Waals surface area contributed by atoms with Crippen molar-refractivity contribution in [3.05, 3.63) is 39.6 Å². The van der Waals surface area contributed by atoms with Gasteiger partial charge in [0.15, 0.2) is 6.29 Å². The summed E-state index contributed by atoms with van der Waals surface area (Å²) in [4.78, 5) is 11.1. The van der Waals surface area contributed by atoms with E-state index in [4.69, 9.17) is 23.2 Å². The van der Waals surface area contributed by atoms with Gasteiger partial charge in [0, 0.05) is 5.41 Å². The van der Waals surface area contributed by atoms with Crippen molar-refractivity contribution in [1.29, 1.82) is 0 Å². The van der Waals surface area contributed by atoms with Gasteiger partial charge in [0.2, 0.25) is 0 Å².